The Morgan fingerprint density at radius 1 is 1.20 bits per heavy atom. The molecule has 2 aliphatic rings. The van der Waals surface area contributed by atoms with E-state index in [1.54, 1.807) is 0 Å². The third kappa shape index (κ3) is 2.84. The molecule has 108 valence electrons. The van der Waals surface area contributed by atoms with Gasteiger partial charge < -0.3 is 4.90 Å². The van der Waals surface area contributed by atoms with Crippen LogP contribution in [0.4, 0.5) is 0 Å². The van der Waals surface area contributed by atoms with E-state index in [4.69, 9.17) is 11.6 Å². The van der Waals surface area contributed by atoms with E-state index in [-0.39, 0.29) is 5.91 Å². The highest BCUT2D eigenvalue weighted by Gasteiger charge is 2.36. The maximum absolute atomic E-state index is 12.9. The average molecular weight is 404 g/mol. The van der Waals surface area contributed by atoms with Crippen LogP contribution in [0.15, 0.2) is 18.2 Å². The fourth-order valence-electron chi connectivity index (χ4n) is 3.69. The molecule has 0 aromatic heterocycles. The van der Waals surface area contributed by atoms with E-state index in [1.807, 2.05) is 18.2 Å². The van der Waals surface area contributed by atoms with E-state index in [0.717, 1.165) is 28.0 Å². The Morgan fingerprint density at radius 2 is 1.95 bits per heavy atom. The van der Waals surface area contributed by atoms with Crippen molar-refractivity contribution in [1.82, 2.24) is 4.90 Å². The molecule has 2 nitrogen and oxygen atoms in total. The second-order valence-corrected chi connectivity index (χ2v) is 7.48. The molecule has 0 bridgehead atoms. The molecule has 1 aromatic rings. The van der Waals surface area contributed by atoms with Crippen molar-refractivity contribution in [1.29, 1.82) is 0 Å². The van der Waals surface area contributed by atoms with E-state index in [1.165, 1.54) is 32.1 Å². The minimum Gasteiger partial charge on any atom is -0.335 e. The zero-order valence-electron chi connectivity index (χ0n) is 11.4. The molecule has 4 heteroatoms. The number of hydrogen-bond acceptors (Lipinski definition) is 1. The van der Waals surface area contributed by atoms with E-state index in [9.17, 15) is 4.79 Å². The number of piperidine rings is 1. The van der Waals surface area contributed by atoms with Gasteiger partial charge >= 0.3 is 0 Å². The van der Waals surface area contributed by atoms with Crippen LogP contribution in [0.25, 0.3) is 0 Å². The molecule has 1 heterocycles. The van der Waals surface area contributed by atoms with Crippen molar-refractivity contribution in [2.45, 2.75) is 44.6 Å². The van der Waals surface area contributed by atoms with Crippen molar-refractivity contribution in [2.75, 3.05) is 6.54 Å². The van der Waals surface area contributed by atoms with Crippen LogP contribution in [0.5, 0.6) is 0 Å². The van der Waals surface area contributed by atoms with Crippen LogP contribution in [0.1, 0.15) is 48.9 Å². The number of likely N-dealkylation sites (tertiary alicyclic amines) is 1. The van der Waals surface area contributed by atoms with Gasteiger partial charge in [0.05, 0.1) is 5.56 Å². The van der Waals surface area contributed by atoms with Crippen LogP contribution >= 0.6 is 34.2 Å². The zero-order valence-corrected chi connectivity index (χ0v) is 14.4. The Kier molecular flexibility index (Phi) is 4.55. The molecule has 0 radical (unpaired) electrons. The smallest absolute Gasteiger partial charge is 0.255 e. The molecule has 3 rings (SSSR count). The second kappa shape index (κ2) is 6.22. The lowest BCUT2D eigenvalue weighted by Crippen LogP contribution is -2.49. The lowest BCUT2D eigenvalue weighted by Gasteiger charge is -2.44. The SMILES string of the molecule is O=C(c1cc(Cl)ccc1I)N1CCCC2CCCCC21. The number of hydrogen-bond donors (Lipinski definition) is 0. The van der Waals surface area contributed by atoms with E-state index in [0.29, 0.717) is 11.1 Å². The molecule has 0 spiro atoms. The molecular formula is C16H19ClINO. The summed E-state index contributed by atoms with van der Waals surface area (Å²) in [6, 6.07) is 6.05. The number of benzene rings is 1. The third-order valence-corrected chi connectivity index (χ3v) is 5.84. The fraction of sp³-hybridized carbons (Fsp3) is 0.562. The maximum Gasteiger partial charge on any atom is 0.255 e. The monoisotopic (exact) mass is 403 g/mol. The number of fused-ring (bicyclic) bond motifs is 1. The van der Waals surface area contributed by atoms with Crippen molar-refractivity contribution in [3.63, 3.8) is 0 Å². The summed E-state index contributed by atoms with van der Waals surface area (Å²) in [5.41, 5.74) is 0.768. The number of rotatable bonds is 1. The van der Waals surface area contributed by atoms with Gasteiger partial charge in [-0.3, -0.25) is 4.79 Å². The van der Waals surface area contributed by atoms with Gasteiger partial charge in [0.15, 0.2) is 0 Å². The van der Waals surface area contributed by atoms with Crippen LogP contribution in [-0.2, 0) is 0 Å². The van der Waals surface area contributed by atoms with Gasteiger partial charge in [-0.25, -0.2) is 0 Å². The van der Waals surface area contributed by atoms with Crippen molar-refractivity contribution in [3.8, 4) is 0 Å². The van der Waals surface area contributed by atoms with Gasteiger partial charge in [0, 0.05) is 21.2 Å². The number of amides is 1. The van der Waals surface area contributed by atoms with E-state index in [2.05, 4.69) is 27.5 Å². The Balaban J connectivity index is 1.87. The van der Waals surface area contributed by atoms with E-state index < -0.39 is 0 Å². The standard InChI is InChI=1S/C16H19ClINO/c17-12-7-8-14(18)13(10-12)16(20)19-9-3-5-11-4-1-2-6-15(11)19/h7-8,10-11,15H,1-6,9H2. The summed E-state index contributed by atoms with van der Waals surface area (Å²) in [6.07, 6.45) is 7.50. The van der Waals surface area contributed by atoms with Crippen molar-refractivity contribution >= 4 is 40.1 Å². The highest BCUT2D eigenvalue weighted by atomic mass is 127. The van der Waals surface area contributed by atoms with Crippen molar-refractivity contribution in [3.05, 3.63) is 32.4 Å². The van der Waals surface area contributed by atoms with Gasteiger partial charge in [0.25, 0.3) is 5.91 Å². The molecule has 1 saturated heterocycles. The van der Waals surface area contributed by atoms with Gasteiger partial charge in [0.1, 0.15) is 0 Å². The summed E-state index contributed by atoms with van der Waals surface area (Å²) >= 11 is 8.29. The van der Waals surface area contributed by atoms with Crippen LogP contribution in [0.2, 0.25) is 5.02 Å². The van der Waals surface area contributed by atoms with Crippen LogP contribution in [-0.4, -0.2) is 23.4 Å². The third-order valence-electron chi connectivity index (χ3n) is 4.66. The van der Waals surface area contributed by atoms with Crippen molar-refractivity contribution in [2.24, 2.45) is 5.92 Å². The molecule has 2 fully saturated rings. The van der Waals surface area contributed by atoms with Gasteiger partial charge in [-0.1, -0.05) is 24.4 Å². The lowest BCUT2D eigenvalue weighted by molar-refractivity contribution is 0.0389. The summed E-state index contributed by atoms with van der Waals surface area (Å²) in [6.45, 7) is 0.905. The minimum absolute atomic E-state index is 0.175. The van der Waals surface area contributed by atoms with Crippen LogP contribution in [0.3, 0.4) is 0 Å². The normalized spacial score (nSPS) is 26.2. The largest absolute Gasteiger partial charge is 0.335 e. The predicted molar refractivity (Wildman–Crippen MR) is 90.2 cm³/mol. The predicted octanol–water partition coefficient (Wildman–Crippen LogP) is 4.74. The Bertz CT molecular complexity index is 517. The molecule has 1 amide bonds. The lowest BCUT2D eigenvalue weighted by atomic mass is 9.78. The van der Waals surface area contributed by atoms with Gasteiger partial charge in [0.2, 0.25) is 0 Å². The highest BCUT2D eigenvalue weighted by Crippen LogP contribution is 2.36. The zero-order chi connectivity index (χ0) is 14.1. The number of halogens is 2. The summed E-state index contributed by atoms with van der Waals surface area (Å²) in [7, 11) is 0. The number of carbonyl (C=O) groups excluding carboxylic acids is 1. The molecule has 1 saturated carbocycles. The Labute approximate surface area is 139 Å². The summed E-state index contributed by atoms with van der Waals surface area (Å²) in [4.78, 5) is 15.0. The first-order valence-electron chi connectivity index (χ1n) is 7.43. The minimum atomic E-state index is 0.175. The summed E-state index contributed by atoms with van der Waals surface area (Å²) < 4.78 is 0.995. The number of nitrogens with zero attached hydrogens (tertiary/aromatic N) is 1. The first-order chi connectivity index (χ1) is 9.66. The fourth-order valence-corrected chi connectivity index (χ4v) is 4.43. The molecule has 2 atom stereocenters. The first kappa shape index (κ1) is 14.6. The van der Waals surface area contributed by atoms with Gasteiger partial charge in [-0.05, 0) is 72.4 Å². The first-order valence-corrected chi connectivity index (χ1v) is 8.88. The van der Waals surface area contributed by atoms with Crippen LogP contribution < -0.4 is 0 Å². The maximum atomic E-state index is 12.9. The average Bonchev–Trinajstić information content (AvgIpc) is 2.48. The molecule has 0 N–H and O–H groups in total. The molecule has 20 heavy (non-hydrogen) atoms. The Hall–Kier alpha value is -0.290. The summed E-state index contributed by atoms with van der Waals surface area (Å²) in [5.74, 6) is 0.895. The molecule has 1 aliphatic carbocycles. The van der Waals surface area contributed by atoms with Gasteiger partial charge in [-0.2, -0.15) is 0 Å². The number of carbonyl (C=O) groups is 1. The molecule has 1 aromatic carbocycles. The summed E-state index contributed by atoms with van der Waals surface area (Å²) in [5, 5.41) is 0.644. The second-order valence-electron chi connectivity index (χ2n) is 5.88. The van der Waals surface area contributed by atoms with Gasteiger partial charge in [-0.15, -0.1) is 0 Å². The quantitative estimate of drug-likeness (QED) is 0.620. The molecular weight excluding hydrogens is 385 g/mol. The topological polar surface area (TPSA) is 20.3 Å². The van der Waals surface area contributed by atoms with Crippen molar-refractivity contribution < 1.29 is 4.79 Å². The molecule has 2 unspecified atom stereocenters. The Morgan fingerprint density at radius 3 is 2.80 bits per heavy atom. The van der Waals surface area contributed by atoms with E-state index >= 15 is 0 Å². The van der Waals surface area contributed by atoms with Crippen LogP contribution in [0, 0.1) is 9.49 Å². The molecule has 1 aliphatic heterocycles. The highest BCUT2D eigenvalue weighted by molar-refractivity contribution is 14.1.